The molecule has 0 spiro atoms. The van der Waals surface area contributed by atoms with Gasteiger partial charge in [-0.25, -0.2) is 0 Å². The van der Waals surface area contributed by atoms with Gasteiger partial charge in [-0.05, 0) is 35.5 Å². The molecule has 0 aromatic heterocycles. The second-order valence-electron chi connectivity index (χ2n) is 7.77. The van der Waals surface area contributed by atoms with Gasteiger partial charge >= 0.3 is 0 Å². The van der Waals surface area contributed by atoms with Crippen molar-refractivity contribution in [3.63, 3.8) is 0 Å². The maximum absolute atomic E-state index is 9.08. The summed E-state index contributed by atoms with van der Waals surface area (Å²) >= 11 is 0. The van der Waals surface area contributed by atoms with Crippen LogP contribution in [0.15, 0.2) is 30.3 Å². The Kier molecular flexibility index (Phi) is 6.25. The summed E-state index contributed by atoms with van der Waals surface area (Å²) in [4.78, 5) is 0. The van der Waals surface area contributed by atoms with Crippen molar-refractivity contribution in [1.82, 2.24) is 0 Å². The first-order valence-electron chi connectivity index (χ1n) is 7.83. The number of nitrogens with one attached hydrogen (secondary N) is 1. The molecule has 1 N–H and O–H groups in total. The van der Waals surface area contributed by atoms with Gasteiger partial charge in [0, 0.05) is 6.61 Å². The first-order valence-corrected chi connectivity index (χ1v) is 9.80. The normalized spacial score (nSPS) is 13.4. The molecular weight excluding hydrogens is 277 g/mol. The quantitative estimate of drug-likeness (QED) is 0.509. The Morgan fingerprint density at radius 1 is 0.952 bits per heavy atom. The molecule has 0 saturated carbocycles. The first kappa shape index (κ1) is 18.5. The Labute approximate surface area is 131 Å². The highest BCUT2D eigenvalue weighted by atomic mass is 31.2. The molecule has 0 radical (unpaired) electrons. The predicted octanol–water partition coefficient (Wildman–Crippen LogP) is 5.97. The van der Waals surface area contributed by atoms with Crippen LogP contribution in [0, 0.1) is 5.16 Å². The van der Waals surface area contributed by atoms with Gasteiger partial charge in [0.05, 0.1) is 6.61 Å². The van der Waals surface area contributed by atoms with E-state index in [1.54, 1.807) is 0 Å². The number of rotatable bonds is 6. The van der Waals surface area contributed by atoms with Crippen LogP contribution in [0.2, 0.25) is 0 Å². The van der Waals surface area contributed by atoms with Crippen molar-refractivity contribution in [3.05, 3.63) is 35.9 Å². The highest BCUT2D eigenvalue weighted by Gasteiger charge is 2.40. The first-order chi connectivity index (χ1) is 9.58. The topological polar surface area (TPSA) is 33.1 Å². The molecule has 0 fully saturated rings. The molecule has 120 valence electrons. The van der Waals surface area contributed by atoms with Crippen LogP contribution in [0.25, 0.3) is 0 Å². The Bertz CT molecular complexity index is 450. The number of benzene rings is 1. The van der Waals surface area contributed by atoms with E-state index in [2.05, 4.69) is 53.7 Å². The summed E-state index contributed by atoms with van der Waals surface area (Å²) in [6, 6.07) is 10.3. The largest absolute Gasteiger partial charge is 0.377 e. The van der Waals surface area contributed by atoms with Crippen molar-refractivity contribution < 1.29 is 4.74 Å². The van der Waals surface area contributed by atoms with Crippen molar-refractivity contribution in [2.45, 2.75) is 64.9 Å². The van der Waals surface area contributed by atoms with Gasteiger partial charge in [-0.3, -0.25) is 0 Å². The molecule has 1 aromatic carbocycles. The molecule has 0 aliphatic rings. The zero-order valence-corrected chi connectivity index (χ0v) is 15.5. The van der Waals surface area contributed by atoms with Gasteiger partial charge in [0.15, 0.2) is 0 Å². The summed E-state index contributed by atoms with van der Waals surface area (Å²) in [5.41, 5.74) is 1.22. The molecule has 0 atom stereocenters. The molecule has 21 heavy (non-hydrogen) atoms. The van der Waals surface area contributed by atoms with Gasteiger partial charge in [0.25, 0.3) is 0 Å². The number of hydrogen-bond donors (Lipinski definition) is 1. The van der Waals surface area contributed by atoms with Crippen LogP contribution in [0.1, 0.15) is 53.5 Å². The number of ether oxygens (including phenoxy) is 1. The van der Waals surface area contributed by atoms with Crippen LogP contribution in [0.5, 0.6) is 0 Å². The fourth-order valence-electron chi connectivity index (χ4n) is 2.85. The second-order valence-corrected chi connectivity index (χ2v) is 12.5. The summed E-state index contributed by atoms with van der Waals surface area (Å²) in [6.45, 7) is 14.8. The molecule has 0 heterocycles. The monoisotopic (exact) mass is 309 g/mol. The molecule has 3 heteroatoms. The fourth-order valence-corrected chi connectivity index (χ4v) is 6.80. The van der Waals surface area contributed by atoms with Crippen molar-refractivity contribution in [2.24, 2.45) is 0 Å². The zero-order valence-electron chi connectivity index (χ0n) is 14.6. The third-order valence-corrected chi connectivity index (χ3v) is 9.75. The molecule has 0 amide bonds. The minimum absolute atomic E-state index is 0.0741. The van der Waals surface area contributed by atoms with E-state index in [-0.39, 0.29) is 10.3 Å². The summed E-state index contributed by atoms with van der Waals surface area (Å²) in [5.74, 6) is 0. The van der Waals surface area contributed by atoms with E-state index in [1.807, 2.05) is 18.2 Å². The molecule has 0 unspecified atom stereocenters. The summed E-state index contributed by atoms with van der Waals surface area (Å²) < 4.78 is 5.77. The van der Waals surface area contributed by atoms with E-state index in [9.17, 15) is 0 Å². The van der Waals surface area contributed by atoms with Crippen molar-refractivity contribution in [2.75, 3.05) is 12.8 Å². The molecule has 0 aliphatic heterocycles. The molecule has 0 saturated heterocycles. The molecule has 1 rings (SSSR count). The van der Waals surface area contributed by atoms with Gasteiger partial charge in [-0.15, -0.1) is 0 Å². The zero-order chi connectivity index (χ0) is 16.1. The van der Waals surface area contributed by atoms with Crippen LogP contribution in [0.4, 0.5) is 0 Å². The standard InChI is InChI=1S/C18H32NOP/c1-17(2,3)21(19,18(4,5)6)14-10-13-20-15-16-11-8-7-9-12-16/h7-9,11-12,19H,10,13-15H2,1-6H3. The van der Waals surface area contributed by atoms with Crippen LogP contribution in [-0.4, -0.2) is 23.1 Å². The molecule has 0 bridgehead atoms. The van der Waals surface area contributed by atoms with E-state index in [4.69, 9.17) is 9.90 Å². The van der Waals surface area contributed by atoms with E-state index < -0.39 is 7.05 Å². The van der Waals surface area contributed by atoms with Crippen LogP contribution >= 0.6 is 7.05 Å². The molecule has 0 aliphatic carbocycles. The number of hydrogen-bond acceptors (Lipinski definition) is 2. The third-order valence-electron chi connectivity index (χ3n) is 4.18. The summed E-state index contributed by atoms with van der Waals surface area (Å²) in [6.07, 6.45) is 1.97. The summed E-state index contributed by atoms with van der Waals surface area (Å²) in [7, 11) is -1.78. The van der Waals surface area contributed by atoms with Crippen LogP contribution in [0.3, 0.4) is 0 Å². The van der Waals surface area contributed by atoms with Crippen LogP contribution in [-0.2, 0) is 11.3 Å². The molecule has 1 aromatic rings. The minimum Gasteiger partial charge on any atom is -0.377 e. The SMILES string of the molecule is CC(C)(C)P(=N)(CCCOCc1ccccc1)C(C)(C)C. The van der Waals surface area contributed by atoms with Crippen molar-refractivity contribution in [1.29, 1.82) is 5.16 Å². The molecule has 2 nitrogen and oxygen atoms in total. The maximum atomic E-state index is 9.08. The van der Waals surface area contributed by atoms with Gasteiger partial charge in [-0.1, -0.05) is 71.9 Å². The Hall–Kier alpha value is -0.590. The lowest BCUT2D eigenvalue weighted by Crippen LogP contribution is -2.30. The Balaban J connectivity index is 2.47. The lowest BCUT2D eigenvalue weighted by molar-refractivity contribution is 0.122. The lowest BCUT2D eigenvalue weighted by Gasteiger charge is -2.45. The average molecular weight is 309 g/mol. The van der Waals surface area contributed by atoms with E-state index >= 15 is 0 Å². The maximum Gasteiger partial charge on any atom is 0.0716 e. The highest BCUT2D eigenvalue weighted by molar-refractivity contribution is 7.68. The van der Waals surface area contributed by atoms with Gasteiger partial charge in [0.2, 0.25) is 0 Å². The fraction of sp³-hybridized carbons (Fsp3) is 0.667. The van der Waals surface area contributed by atoms with Crippen LogP contribution < -0.4 is 0 Å². The minimum atomic E-state index is -1.78. The second kappa shape index (κ2) is 7.11. The molecular formula is C18H32NOP. The Morgan fingerprint density at radius 3 is 1.95 bits per heavy atom. The predicted molar refractivity (Wildman–Crippen MR) is 94.7 cm³/mol. The highest BCUT2D eigenvalue weighted by Crippen LogP contribution is 2.67. The smallest absolute Gasteiger partial charge is 0.0716 e. The van der Waals surface area contributed by atoms with Crippen molar-refractivity contribution in [3.8, 4) is 0 Å². The third kappa shape index (κ3) is 4.97. The van der Waals surface area contributed by atoms with Gasteiger partial charge < -0.3 is 9.90 Å². The summed E-state index contributed by atoms with van der Waals surface area (Å²) in [5, 5.41) is 9.23. The van der Waals surface area contributed by atoms with Gasteiger partial charge in [0.1, 0.15) is 0 Å². The van der Waals surface area contributed by atoms with Gasteiger partial charge in [-0.2, -0.15) is 0 Å². The van der Waals surface area contributed by atoms with E-state index in [1.165, 1.54) is 5.56 Å². The average Bonchev–Trinajstić information content (AvgIpc) is 2.36. The van der Waals surface area contributed by atoms with E-state index in [0.29, 0.717) is 6.61 Å². The van der Waals surface area contributed by atoms with Crippen molar-refractivity contribution >= 4 is 7.05 Å². The van der Waals surface area contributed by atoms with E-state index in [0.717, 1.165) is 19.2 Å². The Morgan fingerprint density at radius 2 is 1.48 bits per heavy atom. The lowest BCUT2D eigenvalue weighted by atomic mass is 10.2.